The van der Waals surface area contributed by atoms with Crippen molar-refractivity contribution in [3.8, 4) is 0 Å². The zero-order valence-electron chi connectivity index (χ0n) is 9.23. The van der Waals surface area contributed by atoms with E-state index in [0.717, 1.165) is 22.1 Å². The molecule has 0 aliphatic heterocycles. The van der Waals surface area contributed by atoms with Crippen LogP contribution in [0.15, 0.2) is 29.6 Å². The Balaban J connectivity index is 2.19. The number of carbonyl (C=O) groups is 1. The number of rotatable bonds is 5. The molecule has 2 aromatic rings. The van der Waals surface area contributed by atoms with Gasteiger partial charge in [0.05, 0.1) is 0 Å². The van der Waals surface area contributed by atoms with Gasteiger partial charge in [0.25, 0.3) is 0 Å². The summed E-state index contributed by atoms with van der Waals surface area (Å²) in [4.78, 5) is 11.9. The van der Waals surface area contributed by atoms with E-state index in [1.807, 2.05) is 36.6 Å². The second kappa shape index (κ2) is 5.23. The molecule has 2 nitrogen and oxygen atoms in total. The molecule has 0 radical (unpaired) electrons. The Kier molecular flexibility index (Phi) is 3.70. The van der Waals surface area contributed by atoms with Crippen LogP contribution in [0, 0.1) is 0 Å². The summed E-state index contributed by atoms with van der Waals surface area (Å²) in [5.41, 5.74) is 0.781. The van der Waals surface area contributed by atoms with Crippen molar-refractivity contribution in [2.45, 2.75) is 13.3 Å². The second-order valence-corrected chi connectivity index (χ2v) is 4.54. The van der Waals surface area contributed by atoms with Crippen molar-refractivity contribution in [1.29, 1.82) is 0 Å². The summed E-state index contributed by atoms with van der Waals surface area (Å²) in [6.45, 7) is 2.86. The smallest absolute Gasteiger partial charge is 0.189 e. The average Bonchev–Trinajstić information content (AvgIpc) is 2.76. The van der Waals surface area contributed by atoms with Crippen LogP contribution >= 0.6 is 11.3 Å². The van der Waals surface area contributed by atoms with Gasteiger partial charge in [0.15, 0.2) is 5.78 Å². The van der Waals surface area contributed by atoms with E-state index in [1.165, 1.54) is 0 Å². The normalized spacial score (nSPS) is 10.8. The molecule has 0 aliphatic carbocycles. The summed E-state index contributed by atoms with van der Waals surface area (Å²) in [7, 11) is 0. The molecular formula is C13H14O2S. The lowest BCUT2D eigenvalue weighted by molar-refractivity contribution is 0.0763. The first kappa shape index (κ1) is 11.3. The maximum Gasteiger partial charge on any atom is 0.189 e. The molecule has 3 heteroatoms. The second-order valence-electron chi connectivity index (χ2n) is 3.62. The summed E-state index contributed by atoms with van der Waals surface area (Å²) in [5.74, 6) is 0.0708. The van der Waals surface area contributed by atoms with E-state index in [1.54, 1.807) is 11.3 Å². The van der Waals surface area contributed by atoms with Crippen molar-refractivity contribution in [3.63, 3.8) is 0 Å². The first-order chi connectivity index (χ1) is 7.83. The third-order valence-corrected chi connectivity index (χ3v) is 3.32. The molecule has 0 spiro atoms. The lowest BCUT2D eigenvalue weighted by Gasteiger charge is -2.03. The quantitative estimate of drug-likeness (QED) is 0.584. The number of Topliss-reactive ketones (excluding diaryl/α,β-unsaturated/α-hetero) is 1. The van der Waals surface area contributed by atoms with Crippen LogP contribution in [-0.2, 0) is 4.74 Å². The Bertz CT molecular complexity index is 487. The Labute approximate surface area is 98.9 Å². The molecule has 0 bridgehead atoms. The number of hydrogen-bond donors (Lipinski definition) is 0. The molecule has 1 aromatic carbocycles. The van der Waals surface area contributed by atoms with Gasteiger partial charge in [-0.15, -0.1) is 11.3 Å². The van der Waals surface area contributed by atoms with Crippen LogP contribution in [-0.4, -0.2) is 19.0 Å². The zero-order chi connectivity index (χ0) is 11.4. The molecule has 1 aromatic heterocycles. The van der Waals surface area contributed by atoms with Gasteiger partial charge in [0, 0.05) is 16.9 Å². The summed E-state index contributed by atoms with van der Waals surface area (Å²) in [5, 5.41) is 3.14. The van der Waals surface area contributed by atoms with Gasteiger partial charge < -0.3 is 4.74 Å². The maximum atomic E-state index is 11.9. The number of hydrogen-bond acceptors (Lipinski definition) is 3. The summed E-state index contributed by atoms with van der Waals surface area (Å²) < 4.78 is 6.34. The van der Waals surface area contributed by atoms with Gasteiger partial charge in [-0.3, -0.25) is 4.79 Å². The Morgan fingerprint density at radius 3 is 3.06 bits per heavy atom. The van der Waals surface area contributed by atoms with Crippen LogP contribution in [0.5, 0.6) is 0 Å². The molecule has 0 fully saturated rings. The minimum Gasteiger partial charge on any atom is -0.373 e. The summed E-state index contributed by atoms with van der Waals surface area (Å²) in [6, 6.07) is 7.85. The molecule has 16 heavy (non-hydrogen) atoms. The Morgan fingerprint density at radius 2 is 2.25 bits per heavy atom. The van der Waals surface area contributed by atoms with E-state index in [-0.39, 0.29) is 12.4 Å². The van der Waals surface area contributed by atoms with Crippen molar-refractivity contribution in [2.75, 3.05) is 13.2 Å². The van der Waals surface area contributed by atoms with Crippen LogP contribution in [0.1, 0.15) is 23.7 Å². The highest BCUT2D eigenvalue weighted by molar-refractivity contribution is 7.17. The van der Waals surface area contributed by atoms with E-state index < -0.39 is 0 Å². The van der Waals surface area contributed by atoms with Crippen LogP contribution in [0.25, 0.3) is 10.1 Å². The number of ether oxygens (including phenoxy) is 1. The Hall–Kier alpha value is -1.19. The lowest BCUT2D eigenvalue weighted by Crippen LogP contribution is -2.09. The third-order valence-electron chi connectivity index (χ3n) is 2.36. The van der Waals surface area contributed by atoms with Gasteiger partial charge in [-0.1, -0.05) is 19.1 Å². The fraction of sp³-hybridized carbons (Fsp3) is 0.308. The number of thiophene rings is 1. The predicted octanol–water partition coefficient (Wildman–Crippen LogP) is 3.51. The molecule has 0 saturated heterocycles. The average molecular weight is 234 g/mol. The van der Waals surface area contributed by atoms with Gasteiger partial charge in [-0.2, -0.15) is 0 Å². The minimum atomic E-state index is 0.0708. The van der Waals surface area contributed by atoms with E-state index in [2.05, 4.69) is 0 Å². The van der Waals surface area contributed by atoms with Gasteiger partial charge in [0.2, 0.25) is 0 Å². The van der Waals surface area contributed by atoms with Crippen molar-refractivity contribution in [3.05, 3.63) is 35.2 Å². The van der Waals surface area contributed by atoms with E-state index in [4.69, 9.17) is 4.74 Å². The fourth-order valence-electron chi connectivity index (χ4n) is 1.60. The van der Waals surface area contributed by atoms with Gasteiger partial charge in [-0.25, -0.2) is 0 Å². The number of benzene rings is 1. The molecular weight excluding hydrogens is 220 g/mol. The first-order valence-electron chi connectivity index (χ1n) is 5.40. The van der Waals surface area contributed by atoms with Gasteiger partial charge >= 0.3 is 0 Å². The first-order valence-corrected chi connectivity index (χ1v) is 6.28. The molecule has 1 heterocycles. The van der Waals surface area contributed by atoms with Crippen LogP contribution in [0.3, 0.4) is 0 Å². The van der Waals surface area contributed by atoms with E-state index in [0.29, 0.717) is 6.61 Å². The van der Waals surface area contributed by atoms with Crippen molar-refractivity contribution in [1.82, 2.24) is 0 Å². The van der Waals surface area contributed by atoms with Gasteiger partial charge in [0.1, 0.15) is 6.61 Å². The third kappa shape index (κ3) is 2.31. The van der Waals surface area contributed by atoms with Crippen LogP contribution in [0.4, 0.5) is 0 Å². The number of carbonyl (C=O) groups excluding carboxylic acids is 1. The Morgan fingerprint density at radius 1 is 1.38 bits per heavy atom. The van der Waals surface area contributed by atoms with Crippen LogP contribution < -0.4 is 0 Å². The molecule has 2 rings (SSSR count). The summed E-state index contributed by atoms with van der Waals surface area (Å²) >= 11 is 1.61. The molecule has 0 unspecified atom stereocenters. The topological polar surface area (TPSA) is 26.3 Å². The van der Waals surface area contributed by atoms with E-state index >= 15 is 0 Å². The maximum absolute atomic E-state index is 11.9. The minimum absolute atomic E-state index is 0.0708. The molecule has 0 N–H and O–H groups in total. The standard InChI is InChI=1S/C13H14O2S/c1-2-7-15-9-12(14)11-5-3-4-10-6-8-16-13(10)11/h3-6,8H,2,7,9H2,1H3. The zero-order valence-corrected chi connectivity index (χ0v) is 10.0. The fourth-order valence-corrected chi connectivity index (χ4v) is 2.53. The SMILES string of the molecule is CCCOCC(=O)c1cccc2ccsc12. The number of ketones is 1. The highest BCUT2D eigenvalue weighted by atomic mass is 32.1. The molecule has 84 valence electrons. The lowest BCUT2D eigenvalue weighted by atomic mass is 10.1. The highest BCUT2D eigenvalue weighted by Gasteiger charge is 2.10. The van der Waals surface area contributed by atoms with E-state index in [9.17, 15) is 4.79 Å². The monoisotopic (exact) mass is 234 g/mol. The molecule has 0 atom stereocenters. The number of fused-ring (bicyclic) bond motifs is 1. The largest absolute Gasteiger partial charge is 0.373 e. The predicted molar refractivity (Wildman–Crippen MR) is 67.3 cm³/mol. The molecule has 0 aliphatic rings. The van der Waals surface area contributed by atoms with Crippen molar-refractivity contribution in [2.24, 2.45) is 0 Å². The molecule has 0 saturated carbocycles. The van der Waals surface area contributed by atoms with Crippen molar-refractivity contribution >= 4 is 27.2 Å². The van der Waals surface area contributed by atoms with Crippen LogP contribution in [0.2, 0.25) is 0 Å². The van der Waals surface area contributed by atoms with Crippen molar-refractivity contribution < 1.29 is 9.53 Å². The summed E-state index contributed by atoms with van der Waals surface area (Å²) in [6.07, 6.45) is 0.941. The van der Waals surface area contributed by atoms with Gasteiger partial charge in [-0.05, 0) is 29.3 Å². The molecule has 0 amide bonds. The highest BCUT2D eigenvalue weighted by Crippen LogP contribution is 2.24.